The Morgan fingerprint density at radius 2 is 2.04 bits per heavy atom. The van der Waals surface area contributed by atoms with E-state index in [0.29, 0.717) is 27.9 Å². The maximum Gasteiger partial charge on any atom is 0.253 e. The third-order valence-electron chi connectivity index (χ3n) is 4.34. The molecule has 0 bridgehead atoms. The van der Waals surface area contributed by atoms with Gasteiger partial charge in [-0.25, -0.2) is 9.50 Å². The van der Waals surface area contributed by atoms with Gasteiger partial charge in [-0.2, -0.15) is 4.98 Å². The minimum Gasteiger partial charge on any atom is -0.294 e. The molecule has 128 valence electrons. The Bertz CT molecular complexity index is 938. The van der Waals surface area contributed by atoms with Crippen LogP contribution in [0.1, 0.15) is 47.3 Å². The third kappa shape index (κ3) is 3.28. The first-order chi connectivity index (χ1) is 12.1. The van der Waals surface area contributed by atoms with Gasteiger partial charge in [0.1, 0.15) is 0 Å². The van der Waals surface area contributed by atoms with Gasteiger partial charge in [-0.1, -0.05) is 42.4 Å². The van der Waals surface area contributed by atoms with Gasteiger partial charge >= 0.3 is 0 Å². The Hall–Kier alpha value is -1.92. The molecule has 1 aliphatic carbocycles. The largest absolute Gasteiger partial charge is 0.294 e. The monoisotopic (exact) mass is 372 g/mol. The van der Waals surface area contributed by atoms with Crippen LogP contribution in [0, 0.1) is 0 Å². The van der Waals surface area contributed by atoms with Crippen molar-refractivity contribution >= 4 is 34.9 Å². The minimum atomic E-state index is 0.105. The van der Waals surface area contributed by atoms with Crippen LogP contribution >= 0.6 is 23.4 Å². The van der Waals surface area contributed by atoms with E-state index in [-0.39, 0.29) is 11.7 Å². The molecule has 2 aromatic heterocycles. The summed E-state index contributed by atoms with van der Waals surface area (Å²) in [4.78, 5) is 21.7. The van der Waals surface area contributed by atoms with Crippen molar-refractivity contribution in [3.8, 4) is 0 Å². The lowest BCUT2D eigenvalue weighted by Crippen LogP contribution is -2.21. The fourth-order valence-electron chi connectivity index (χ4n) is 3.09. The van der Waals surface area contributed by atoms with Crippen molar-refractivity contribution in [1.82, 2.24) is 19.6 Å². The molecular weight excluding hydrogens is 356 g/mol. The fraction of sp³-hybridized carbons (Fsp3) is 0.333. The SMILES string of the molecule is CCCSc1nc2nc3c(cn2n1)C(=O)C[C@@H](c1ccc(Cl)cc1)C3. The van der Waals surface area contributed by atoms with Gasteiger partial charge in [-0.05, 0) is 36.5 Å². The summed E-state index contributed by atoms with van der Waals surface area (Å²) in [5.74, 6) is 1.76. The summed E-state index contributed by atoms with van der Waals surface area (Å²) in [5.41, 5.74) is 2.59. The number of hydrogen-bond acceptors (Lipinski definition) is 5. The van der Waals surface area contributed by atoms with E-state index in [0.717, 1.165) is 29.9 Å². The number of ketones is 1. The first-order valence-corrected chi connectivity index (χ1v) is 9.68. The molecule has 1 aromatic carbocycles. The van der Waals surface area contributed by atoms with Crippen LogP contribution in [0.3, 0.4) is 0 Å². The van der Waals surface area contributed by atoms with E-state index >= 15 is 0 Å². The fourth-order valence-corrected chi connectivity index (χ4v) is 3.89. The highest BCUT2D eigenvalue weighted by Gasteiger charge is 2.28. The summed E-state index contributed by atoms with van der Waals surface area (Å²) in [6, 6.07) is 7.70. The maximum atomic E-state index is 12.6. The molecule has 2 heterocycles. The molecule has 1 atom stereocenters. The zero-order chi connectivity index (χ0) is 17.4. The van der Waals surface area contributed by atoms with Gasteiger partial charge in [0.2, 0.25) is 5.16 Å². The lowest BCUT2D eigenvalue weighted by molar-refractivity contribution is 0.0962. The van der Waals surface area contributed by atoms with Gasteiger partial charge < -0.3 is 0 Å². The number of nitrogens with zero attached hydrogens (tertiary/aromatic N) is 4. The number of Topliss-reactive ketones (excluding diaryl/α,β-unsaturated/α-hetero) is 1. The summed E-state index contributed by atoms with van der Waals surface area (Å²) < 4.78 is 1.62. The topological polar surface area (TPSA) is 60.1 Å². The normalized spacial score (nSPS) is 17.0. The number of rotatable bonds is 4. The van der Waals surface area contributed by atoms with E-state index in [2.05, 4.69) is 22.0 Å². The highest BCUT2D eigenvalue weighted by atomic mass is 35.5. The van der Waals surface area contributed by atoms with Gasteiger partial charge in [0.05, 0.1) is 11.3 Å². The summed E-state index contributed by atoms with van der Waals surface area (Å²) in [5, 5.41) is 5.83. The van der Waals surface area contributed by atoms with Crippen molar-refractivity contribution in [1.29, 1.82) is 0 Å². The van der Waals surface area contributed by atoms with E-state index in [4.69, 9.17) is 11.6 Å². The van der Waals surface area contributed by atoms with Crippen molar-refractivity contribution in [3.05, 3.63) is 52.3 Å². The third-order valence-corrected chi connectivity index (χ3v) is 5.64. The molecule has 3 aromatic rings. The molecule has 0 aliphatic heterocycles. The summed E-state index contributed by atoms with van der Waals surface area (Å²) in [6.07, 6.45) is 4.05. The van der Waals surface area contributed by atoms with E-state index < -0.39 is 0 Å². The van der Waals surface area contributed by atoms with E-state index in [1.807, 2.05) is 24.3 Å². The van der Waals surface area contributed by atoms with Gasteiger partial charge in [-0.3, -0.25) is 4.79 Å². The van der Waals surface area contributed by atoms with Crippen molar-refractivity contribution in [3.63, 3.8) is 0 Å². The van der Waals surface area contributed by atoms with Crippen molar-refractivity contribution in [2.75, 3.05) is 5.75 Å². The van der Waals surface area contributed by atoms with Crippen molar-refractivity contribution in [2.24, 2.45) is 0 Å². The molecule has 0 radical (unpaired) electrons. The van der Waals surface area contributed by atoms with Gasteiger partial charge in [0.25, 0.3) is 5.78 Å². The summed E-state index contributed by atoms with van der Waals surface area (Å²) >= 11 is 7.57. The first kappa shape index (κ1) is 16.5. The molecule has 7 heteroatoms. The second kappa shape index (κ2) is 6.77. The van der Waals surface area contributed by atoms with Crippen molar-refractivity contribution < 1.29 is 4.79 Å². The Labute approximate surface area is 154 Å². The second-order valence-electron chi connectivity index (χ2n) is 6.17. The van der Waals surface area contributed by atoms with Crippen LogP contribution < -0.4 is 0 Å². The Kier molecular flexibility index (Phi) is 4.48. The van der Waals surface area contributed by atoms with Gasteiger partial charge in [0, 0.05) is 23.4 Å². The van der Waals surface area contributed by atoms with Gasteiger partial charge in [0.15, 0.2) is 5.78 Å². The lowest BCUT2D eigenvalue weighted by atomic mass is 9.82. The highest BCUT2D eigenvalue weighted by molar-refractivity contribution is 7.99. The molecule has 0 N–H and O–H groups in total. The predicted octanol–water partition coefficient (Wildman–Crippen LogP) is 4.19. The Morgan fingerprint density at radius 1 is 1.24 bits per heavy atom. The summed E-state index contributed by atoms with van der Waals surface area (Å²) in [7, 11) is 0. The lowest BCUT2D eigenvalue weighted by Gasteiger charge is -2.23. The Balaban J connectivity index is 1.67. The standard InChI is InChI=1S/C18H17ClN4OS/c1-2-7-25-18-21-17-20-15-8-12(11-3-5-13(19)6-4-11)9-16(24)14(15)10-23(17)22-18/h3-6,10,12H,2,7-9H2,1H3/t12-/m0/s1. The molecule has 0 amide bonds. The van der Waals surface area contributed by atoms with Crippen LogP contribution in [-0.4, -0.2) is 31.1 Å². The van der Waals surface area contributed by atoms with Crippen LogP contribution in [0.2, 0.25) is 5.02 Å². The molecule has 0 saturated heterocycles. The average Bonchev–Trinajstić information content (AvgIpc) is 3.00. The maximum absolute atomic E-state index is 12.6. The molecule has 0 spiro atoms. The van der Waals surface area contributed by atoms with E-state index in [1.165, 1.54) is 0 Å². The smallest absolute Gasteiger partial charge is 0.253 e. The van der Waals surface area contributed by atoms with Crippen LogP contribution in [0.5, 0.6) is 0 Å². The van der Waals surface area contributed by atoms with Crippen molar-refractivity contribution in [2.45, 2.75) is 37.3 Å². The quantitative estimate of drug-likeness (QED) is 0.642. The Morgan fingerprint density at radius 3 is 2.80 bits per heavy atom. The number of benzene rings is 1. The van der Waals surface area contributed by atoms with Crippen LogP contribution in [0.4, 0.5) is 0 Å². The highest BCUT2D eigenvalue weighted by Crippen LogP contribution is 2.32. The molecule has 0 unspecified atom stereocenters. The van der Waals surface area contributed by atoms with Crippen LogP contribution in [0.15, 0.2) is 35.6 Å². The molecule has 0 fully saturated rings. The zero-order valence-electron chi connectivity index (χ0n) is 13.8. The number of thioether (sulfide) groups is 1. The number of aromatic nitrogens is 4. The molecule has 4 rings (SSSR count). The van der Waals surface area contributed by atoms with E-state index in [9.17, 15) is 4.79 Å². The van der Waals surface area contributed by atoms with Crippen LogP contribution in [-0.2, 0) is 6.42 Å². The van der Waals surface area contributed by atoms with Crippen LogP contribution in [0.25, 0.3) is 5.78 Å². The molecular formula is C18H17ClN4OS. The minimum absolute atomic E-state index is 0.105. The van der Waals surface area contributed by atoms with E-state index in [1.54, 1.807) is 22.5 Å². The van der Waals surface area contributed by atoms with Gasteiger partial charge in [-0.15, -0.1) is 5.10 Å². The molecule has 5 nitrogen and oxygen atoms in total. The molecule has 0 saturated carbocycles. The zero-order valence-corrected chi connectivity index (χ0v) is 15.3. The number of fused-ring (bicyclic) bond motifs is 2. The second-order valence-corrected chi connectivity index (χ2v) is 7.67. The number of halogens is 1. The summed E-state index contributed by atoms with van der Waals surface area (Å²) in [6.45, 7) is 2.12. The predicted molar refractivity (Wildman–Crippen MR) is 98.6 cm³/mol. The average molecular weight is 373 g/mol. The number of hydrogen-bond donors (Lipinski definition) is 0. The number of carbonyl (C=O) groups is 1. The molecule has 25 heavy (non-hydrogen) atoms. The first-order valence-electron chi connectivity index (χ1n) is 8.32. The number of carbonyl (C=O) groups excluding carboxylic acids is 1. The molecule has 1 aliphatic rings.